The molecule has 3 N–H and O–H groups in total. The Hall–Kier alpha value is -2.60. The number of benzene rings is 1. The number of carbonyl (C=O) groups is 2. The van der Waals surface area contributed by atoms with E-state index in [4.69, 9.17) is 4.42 Å². The molecule has 0 saturated carbocycles. The summed E-state index contributed by atoms with van der Waals surface area (Å²) >= 11 is 0. The first-order valence-corrected chi connectivity index (χ1v) is 7.46. The molecule has 1 atom stereocenters. The number of carbonyl (C=O) groups excluding carboxylic acids is 2. The predicted molar refractivity (Wildman–Crippen MR) is 88.3 cm³/mol. The minimum Gasteiger partial charge on any atom is -0.460 e. The third-order valence-electron chi connectivity index (χ3n) is 3.22. The standard InChI is InChI=1S/C17H21N3O3/c1-12-4-9-16(23-12)10-20(3)11-17(22)19-15-7-5-14(6-8-15)18-13(2)21/h4-9H,10-11H2,1-3H3,(H,18,21)(H,19,22)/p+1. The van der Waals surface area contributed by atoms with Crippen LogP contribution in [0.3, 0.4) is 0 Å². The van der Waals surface area contributed by atoms with Crippen LogP contribution in [0, 0.1) is 6.92 Å². The van der Waals surface area contributed by atoms with Gasteiger partial charge in [0.15, 0.2) is 12.3 Å². The monoisotopic (exact) mass is 316 g/mol. The zero-order valence-electron chi connectivity index (χ0n) is 13.6. The highest BCUT2D eigenvalue weighted by molar-refractivity contribution is 5.92. The fraction of sp³-hybridized carbons (Fsp3) is 0.294. The maximum atomic E-state index is 12.0. The molecule has 1 aromatic carbocycles. The minimum atomic E-state index is -0.125. The quantitative estimate of drug-likeness (QED) is 0.749. The first-order chi connectivity index (χ1) is 10.9. The molecule has 0 radical (unpaired) electrons. The van der Waals surface area contributed by atoms with Crippen LogP contribution in [0.2, 0.25) is 0 Å². The van der Waals surface area contributed by atoms with E-state index < -0.39 is 0 Å². The molecule has 2 amide bonds. The highest BCUT2D eigenvalue weighted by Crippen LogP contribution is 2.13. The van der Waals surface area contributed by atoms with E-state index in [0.29, 0.717) is 24.5 Å². The average molecular weight is 316 g/mol. The zero-order chi connectivity index (χ0) is 16.8. The van der Waals surface area contributed by atoms with Crippen molar-refractivity contribution in [3.05, 3.63) is 47.9 Å². The van der Waals surface area contributed by atoms with Crippen molar-refractivity contribution >= 4 is 23.2 Å². The molecule has 6 nitrogen and oxygen atoms in total. The maximum Gasteiger partial charge on any atom is 0.279 e. The number of nitrogens with one attached hydrogen (secondary N) is 3. The lowest BCUT2D eigenvalue weighted by atomic mass is 10.2. The van der Waals surface area contributed by atoms with Gasteiger partial charge in [0.05, 0.1) is 7.05 Å². The van der Waals surface area contributed by atoms with Crippen molar-refractivity contribution in [1.29, 1.82) is 0 Å². The number of rotatable bonds is 6. The van der Waals surface area contributed by atoms with Crippen LogP contribution in [0.1, 0.15) is 18.4 Å². The smallest absolute Gasteiger partial charge is 0.279 e. The third kappa shape index (κ3) is 5.60. The van der Waals surface area contributed by atoms with E-state index in [1.807, 2.05) is 26.1 Å². The van der Waals surface area contributed by atoms with E-state index in [0.717, 1.165) is 16.4 Å². The second-order valence-electron chi connectivity index (χ2n) is 5.63. The molecular weight excluding hydrogens is 294 g/mol. The van der Waals surface area contributed by atoms with Crippen molar-refractivity contribution in [2.45, 2.75) is 20.4 Å². The Labute approximate surface area is 135 Å². The number of amides is 2. The van der Waals surface area contributed by atoms with Crippen molar-refractivity contribution < 1.29 is 18.9 Å². The van der Waals surface area contributed by atoms with Gasteiger partial charge in [-0.1, -0.05) is 0 Å². The van der Waals surface area contributed by atoms with Crippen molar-refractivity contribution in [2.24, 2.45) is 0 Å². The Bertz CT molecular complexity index is 677. The first kappa shape index (κ1) is 16.8. The summed E-state index contributed by atoms with van der Waals surface area (Å²) in [7, 11) is 1.94. The van der Waals surface area contributed by atoms with Gasteiger partial charge in [0.1, 0.15) is 12.3 Å². The van der Waals surface area contributed by atoms with Crippen molar-refractivity contribution in [3.8, 4) is 0 Å². The number of quaternary nitrogens is 1. The summed E-state index contributed by atoms with van der Waals surface area (Å²) in [5.41, 5.74) is 1.40. The van der Waals surface area contributed by atoms with Gasteiger partial charge in [-0.3, -0.25) is 9.59 Å². The molecule has 0 aliphatic heterocycles. The molecule has 2 rings (SSSR count). The van der Waals surface area contributed by atoms with Crippen LogP contribution in [0.15, 0.2) is 40.8 Å². The fourth-order valence-electron chi connectivity index (χ4n) is 2.26. The van der Waals surface area contributed by atoms with Gasteiger partial charge in [0.25, 0.3) is 5.91 Å². The molecule has 1 heterocycles. The number of hydrogen-bond acceptors (Lipinski definition) is 3. The van der Waals surface area contributed by atoms with E-state index in [-0.39, 0.29) is 11.8 Å². The van der Waals surface area contributed by atoms with Gasteiger partial charge in [0.2, 0.25) is 5.91 Å². The lowest BCUT2D eigenvalue weighted by Gasteiger charge is -2.12. The molecular formula is C17H22N3O3+. The van der Waals surface area contributed by atoms with Crippen molar-refractivity contribution in [2.75, 3.05) is 24.2 Å². The van der Waals surface area contributed by atoms with Crippen LogP contribution in [0.5, 0.6) is 0 Å². The highest BCUT2D eigenvalue weighted by Gasteiger charge is 2.12. The Balaban J connectivity index is 1.82. The van der Waals surface area contributed by atoms with Crippen LogP contribution >= 0.6 is 0 Å². The van der Waals surface area contributed by atoms with Gasteiger partial charge in [-0.25, -0.2) is 0 Å². The van der Waals surface area contributed by atoms with Crippen molar-refractivity contribution in [1.82, 2.24) is 0 Å². The van der Waals surface area contributed by atoms with Crippen molar-refractivity contribution in [3.63, 3.8) is 0 Å². The third-order valence-corrected chi connectivity index (χ3v) is 3.22. The Morgan fingerprint density at radius 3 is 2.17 bits per heavy atom. The van der Waals surface area contributed by atoms with Gasteiger partial charge >= 0.3 is 0 Å². The summed E-state index contributed by atoms with van der Waals surface area (Å²) in [5.74, 6) is 1.54. The van der Waals surface area contributed by atoms with Gasteiger partial charge in [-0.15, -0.1) is 0 Å². The van der Waals surface area contributed by atoms with E-state index in [9.17, 15) is 9.59 Å². The van der Waals surface area contributed by atoms with Crippen LogP contribution in [0.25, 0.3) is 0 Å². The molecule has 0 bridgehead atoms. The second-order valence-corrected chi connectivity index (χ2v) is 5.63. The minimum absolute atomic E-state index is 0.0712. The zero-order valence-corrected chi connectivity index (χ0v) is 13.6. The molecule has 6 heteroatoms. The molecule has 1 aromatic heterocycles. The molecule has 0 aliphatic rings. The Morgan fingerprint density at radius 2 is 1.65 bits per heavy atom. The molecule has 0 fully saturated rings. The summed E-state index contributed by atoms with van der Waals surface area (Å²) < 4.78 is 5.51. The maximum absolute atomic E-state index is 12.0. The SMILES string of the molecule is CC(=O)Nc1ccc(NC(=O)C[NH+](C)Cc2ccc(C)o2)cc1. The van der Waals surface area contributed by atoms with Crippen LogP contribution < -0.4 is 15.5 Å². The number of anilines is 2. The largest absolute Gasteiger partial charge is 0.460 e. The average Bonchev–Trinajstić information content (AvgIpc) is 2.85. The predicted octanol–water partition coefficient (Wildman–Crippen LogP) is 1.20. The van der Waals surface area contributed by atoms with Crippen LogP contribution in [-0.4, -0.2) is 25.4 Å². The van der Waals surface area contributed by atoms with Gasteiger partial charge < -0.3 is 20.0 Å². The molecule has 0 aliphatic carbocycles. The molecule has 0 saturated heterocycles. The summed E-state index contributed by atoms with van der Waals surface area (Å²) in [4.78, 5) is 24.0. The first-order valence-electron chi connectivity index (χ1n) is 7.46. The number of aryl methyl sites for hydroxylation is 1. The Kier molecular flexibility index (Phi) is 5.54. The molecule has 1 unspecified atom stereocenters. The molecule has 2 aromatic rings. The molecule has 0 spiro atoms. The van der Waals surface area contributed by atoms with E-state index in [2.05, 4.69) is 10.6 Å². The normalized spacial score (nSPS) is 11.8. The second kappa shape index (κ2) is 7.60. The van der Waals surface area contributed by atoms with Gasteiger partial charge in [0, 0.05) is 18.3 Å². The highest BCUT2D eigenvalue weighted by atomic mass is 16.3. The lowest BCUT2D eigenvalue weighted by molar-refractivity contribution is -0.886. The number of likely N-dealkylation sites (N-methyl/N-ethyl adjacent to an activating group) is 1. The lowest BCUT2D eigenvalue weighted by Crippen LogP contribution is -3.08. The summed E-state index contributed by atoms with van der Waals surface area (Å²) in [6, 6.07) is 10.9. The topological polar surface area (TPSA) is 75.8 Å². The Morgan fingerprint density at radius 1 is 1.04 bits per heavy atom. The summed E-state index contributed by atoms with van der Waals surface area (Å²) in [6.07, 6.45) is 0. The number of hydrogen-bond donors (Lipinski definition) is 3. The molecule has 122 valence electrons. The summed E-state index contributed by atoms with van der Waals surface area (Å²) in [5, 5.41) is 5.52. The van der Waals surface area contributed by atoms with E-state index >= 15 is 0 Å². The van der Waals surface area contributed by atoms with E-state index in [1.54, 1.807) is 24.3 Å². The number of furan rings is 1. The molecule has 23 heavy (non-hydrogen) atoms. The fourth-order valence-corrected chi connectivity index (χ4v) is 2.26. The van der Waals surface area contributed by atoms with Crippen LogP contribution in [0.4, 0.5) is 11.4 Å². The van der Waals surface area contributed by atoms with Gasteiger partial charge in [-0.05, 0) is 43.3 Å². The van der Waals surface area contributed by atoms with E-state index in [1.165, 1.54) is 6.92 Å². The van der Waals surface area contributed by atoms with Crippen LogP contribution in [-0.2, 0) is 16.1 Å². The van der Waals surface area contributed by atoms with Gasteiger partial charge in [-0.2, -0.15) is 0 Å². The summed E-state index contributed by atoms with van der Waals surface area (Å²) in [6.45, 7) is 4.35.